The zero-order chi connectivity index (χ0) is 19.7. The third kappa shape index (κ3) is 3.47. The minimum absolute atomic E-state index is 0.124. The first-order valence-electron chi connectivity index (χ1n) is 8.71. The second-order valence-corrected chi connectivity index (χ2v) is 6.69. The number of benzene rings is 1. The van der Waals surface area contributed by atoms with E-state index in [1.807, 2.05) is 0 Å². The lowest BCUT2D eigenvalue weighted by Crippen LogP contribution is -2.50. The van der Waals surface area contributed by atoms with Gasteiger partial charge in [-0.3, -0.25) is 14.4 Å². The molecule has 0 radical (unpaired) electrons. The molecule has 1 amide bonds. The Hall–Kier alpha value is -3.03. The molecule has 7 nitrogen and oxygen atoms in total. The van der Waals surface area contributed by atoms with Gasteiger partial charge in [-0.1, -0.05) is 12.1 Å². The molecule has 1 aromatic carbocycles. The van der Waals surface area contributed by atoms with Crippen LogP contribution in [0.2, 0.25) is 0 Å². The zero-order valence-corrected chi connectivity index (χ0v) is 15.1. The Bertz CT molecular complexity index is 956. The van der Waals surface area contributed by atoms with Crippen LogP contribution in [0.15, 0.2) is 35.1 Å². The van der Waals surface area contributed by atoms with Crippen LogP contribution in [0.5, 0.6) is 0 Å². The summed E-state index contributed by atoms with van der Waals surface area (Å²) >= 11 is 0. The molecule has 2 aromatic rings. The number of hydrogen-bond acceptors (Lipinski definition) is 4. The number of piperidine rings is 1. The molecule has 2 atom stereocenters. The summed E-state index contributed by atoms with van der Waals surface area (Å²) in [6.07, 6.45) is 1.00. The predicted molar refractivity (Wildman–Crippen MR) is 95.4 cm³/mol. The highest BCUT2D eigenvalue weighted by molar-refractivity contribution is 5.92. The minimum atomic E-state index is -0.972. The molecular formula is C19H20FN3O4. The third-order valence-electron chi connectivity index (χ3n) is 4.96. The third-order valence-corrected chi connectivity index (χ3v) is 4.96. The number of likely N-dealkylation sites (tertiary alicyclic amines) is 1. The molecule has 1 aromatic heterocycles. The molecule has 27 heavy (non-hydrogen) atoms. The number of carbonyl (C=O) groups is 2. The van der Waals surface area contributed by atoms with Gasteiger partial charge in [-0.05, 0) is 38.8 Å². The van der Waals surface area contributed by atoms with E-state index >= 15 is 0 Å². The summed E-state index contributed by atoms with van der Waals surface area (Å²) in [4.78, 5) is 38.1. The van der Waals surface area contributed by atoms with Crippen LogP contribution >= 0.6 is 0 Å². The SMILES string of the molecule is Cc1cc(=O)c(C(=O)N2CCC[C@@H](C(=O)O)[C@H]2C)nn1-c1ccccc1F. The van der Waals surface area contributed by atoms with Crippen LogP contribution in [0, 0.1) is 18.7 Å². The number of aliphatic carboxylic acids is 1. The van der Waals surface area contributed by atoms with Crippen LogP contribution in [-0.2, 0) is 4.79 Å². The number of carboxylic acids is 1. The molecule has 0 aliphatic carbocycles. The molecule has 1 aliphatic rings. The van der Waals surface area contributed by atoms with Crippen molar-refractivity contribution in [1.29, 1.82) is 0 Å². The van der Waals surface area contributed by atoms with E-state index < -0.39 is 35.1 Å². The Labute approximate surface area is 155 Å². The van der Waals surface area contributed by atoms with Crippen molar-refractivity contribution in [3.8, 4) is 5.69 Å². The molecule has 3 rings (SSSR count). The number of amides is 1. The highest BCUT2D eigenvalue weighted by atomic mass is 19.1. The van der Waals surface area contributed by atoms with Gasteiger partial charge < -0.3 is 10.0 Å². The van der Waals surface area contributed by atoms with Gasteiger partial charge in [-0.25, -0.2) is 9.07 Å². The van der Waals surface area contributed by atoms with Gasteiger partial charge in [0, 0.05) is 24.3 Å². The van der Waals surface area contributed by atoms with Gasteiger partial charge in [0.2, 0.25) is 5.43 Å². The van der Waals surface area contributed by atoms with Crippen LogP contribution in [0.25, 0.3) is 5.69 Å². The molecule has 0 bridgehead atoms. The van der Waals surface area contributed by atoms with Crippen LogP contribution in [0.3, 0.4) is 0 Å². The Morgan fingerprint density at radius 3 is 2.67 bits per heavy atom. The average Bonchev–Trinajstić information content (AvgIpc) is 2.62. The lowest BCUT2D eigenvalue weighted by Gasteiger charge is -2.37. The van der Waals surface area contributed by atoms with Crippen LogP contribution in [0.4, 0.5) is 4.39 Å². The lowest BCUT2D eigenvalue weighted by molar-refractivity contribution is -0.144. The Morgan fingerprint density at radius 1 is 1.30 bits per heavy atom. The number of aryl methyl sites for hydroxylation is 1. The first kappa shape index (κ1) is 18.8. The molecule has 1 fully saturated rings. The molecule has 0 saturated carbocycles. The van der Waals surface area contributed by atoms with Crippen molar-refractivity contribution in [2.75, 3.05) is 6.54 Å². The van der Waals surface area contributed by atoms with Crippen molar-refractivity contribution in [2.24, 2.45) is 5.92 Å². The number of hydrogen-bond donors (Lipinski definition) is 1. The first-order chi connectivity index (χ1) is 12.8. The van der Waals surface area contributed by atoms with Crippen molar-refractivity contribution in [1.82, 2.24) is 14.7 Å². The fourth-order valence-electron chi connectivity index (χ4n) is 3.46. The molecule has 0 spiro atoms. The summed E-state index contributed by atoms with van der Waals surface area (Å²) in [7, 11) is 0. The maximum atomic E-state index is 14.1. The highest BCUT2D eigenvalue weighted by Gasteiger charge is 2.37. The molecular weight excluding hydrogens is 353 g/mol. The highest BCUT2D eigenvalue weighted by Crippen LogP contribution is 2.25. The van der Waals surface area contributed by atoms with Gasteiger partial charge in [0.15, 0.2) is 5.69 Å². The van der Waals surface area contributed by atoms with Crippen LogP contribution in [0.1, 0.15) is 35.9 Å². The second-order valence-electron chi connectivity index (χ2n) is 6.69. The van der Waals surface area contributed by atoms with Gasteiger partial charge in [0.05, 0.1) is 5.92 Å². The van der Waals surface area contributed by atoms with Gasteiger partial charge in [-0.15, -0.1) is 0 Å². The van der Waals surface area contributed by atoms with E-state index in [-0.39, 0.29) is 11.4 Å². The van der Waals surface area contributed by atoms with Crippen LogP contribution < -0.4 is 5.43 Å². The van der Waals surface area contributed by atoms with E-state index in [0.717, 1.165) is 0 Å². The van der Waals surface area contributed by atoms with E-state index in [1.54, 1.807) is 19.9 Å². The summed E-state index contributed by atoms with van der Waals surface area (Å²) < 4.78 is 15.4. The normalized spacial score (nSPS) is 19.7. The van der Waals surface area contributed by atoms with Crippen molar-refractivity contribution in [2.45, 2.75) is 32.7 Å². The van der Waals surface area contributed by atoms with Gasteiger partial charge in [-0.2, -0.15) is 5.10 Å². The number of halogens is 1. The first-order valence-corrected chi connectivity index (χ1v) is 8.71. The lowest BCUT2D eigenvalue weighted by atomic mass is 9.90. The smallest absolute Gasteiger partial charge is 0.308 e. The number of para-hydroxylation sites is 1. The fourth-order valence-corrected chi connectivity index (χ4v) is 3.46. The van der Waals surface area contributed by atoms with E-state index in [2.05, 4.69) is 5.10 Å². The quantitative estimate of drug-likeness (QED) is 0.888. The Balaban J connectivity index is 2.03. The second kappa shape index (κ2) is 7.30. The van der Waals surface area contributed by atoms with E-state index in [1.165, 1.54) is 33.8 Å². The van der Waals surface area contributed by atoms with Crippen molar-refractivity contribution in [3.63, 3.8) is 0 Å². The maximum absolute atomic E-state index is 14.1. The number of carbonyl (C=O) groups excluding carboxylic acids is 1. The number of nitrogens with zero attached hydrogens (tertiary/aromatic N) is 3. The Kier molecular flexibility index (Phi) is 5.07. The van der Waals surface area contributed by atoms with E-state index in [0.29, 0.717) is 25.1 Å². The average molecular weight is 373 g/mol. The summed E-state index contributed by atoms with van der Waals surface area (Å²) in [6, 6.07) is 6.59. The number of rotatable bonds is 3. The molecule has 8 heteroatoms. The van der Waals surface area contributed by atoms with Crippen LogP contribution in [-0.4, -0.2) is 44.3 Å². The van der Waals surface area contributed by atoms with Gasteiger partial charge >= 0.3 is 5.97 Å². The standard InChI is InChI=1S/C19H20FN3O4/c1-11-10-16(24)17(21-23(11)15-8-4-3-7-14(15)20)18(25)22-9-5-6-13(12(22)2)19(26)27/h3-4,7-8,10,12-13H,5-6,9H2,1-2H3,(H,26,27)/t12-,13-/m1/s1. The molecule has 0 unspecified atom stereocenters. The maximum Gasteiger partial charge on any atom is 0.308 e. The Morgan fingerprint density at radius 2 is 2.00 bits per heavy atom. The molecule has 1 aliphatic heterocycles. The van der Waals surface area contributed by atoms with Gasteiger partial charge in [0.25, 0.3) is 5.91 Å². The monoisotopic (exact) mass is 373 g/mol. The molecule has 1 N–H and O–H groups in total. The zero-order valence-electron chi connectivity index (χ0n) is 15.1. The van der Waals surface area contributed by atoms with Crippen molar-refractivity contribution >= 4 is 11.9 Å². The van der Waals surface area contributed by atoms with Crippen molar-refractivity contribution in [3.05, 3.63) is 57.8 Å². The summed E-state index contributed by atoms with van der Waals surface area (Å²) in [5.74, 6) is -2.83. The summed E-state index contributed by atoms with van der Waals surface area (Å²) in [6.45, 7) is 3.59. The van der Waals surface area contributed by atoms with E-state index in [4.69, 9.17) is 0 Å². The summed E-state index contributed by atoms with van der Waals surface area (Å²) in [5.41, 5.74) is -0.410. The minimum Gasteiger partial charge on any atom is -0.481 e. The summed E-state index contributed by atoms with van der Waals surface area (Å²) in [5, 5.41) is 13.4. The number of carboxylic acid groups (broad SMARTS) is 1. The largest absolute Gasteiger partial charge is 0.481 e. The van der Waals surface area contributed by atoms with Gasteiger partial charge in [0.1, 0.15) is 11.5 Å². The van der Waals surface area contributed by atoms with Crippen molar-refractivity contribution < 1.29 is 19.1 Å². The molecule has 2 heterocycles. The topological polar surface area (TPSA) is 92.5 Å². The fraction of sp³-hybridized carbons (Fsp3) is 0.368. The molecule has 1 saturated heterocycles. The molecule has 142 valence electrons. The number of aromatic nitrogens is 2. The van der Waals surface area contributed by atoms with E-state index in [9.17, 15) is 23.9 Å². The predicted octanol–water partition coefficient (Wildman–Crippen LogP) is 2.01.